The molecule has 0 saturated carbocycles. The molecule has 0 spiro atoms. The Morgan fingerprint density at radius 2 is 1.88 bits per heavy atom. The van der Waals surface area contributed by atoms with Gasteiger partial charge in [-0.15, -0.1) is 0 Å². The molecular formula is C18H16N4O3. The van der Waals surface area contributed by atoms with Crippen LogP contribution in [0.3, 0.4) is 0 Å². The molecule has 0 fully saturated rings. The first-order valence-corrected chi connectivity index (χ1v) is 7.55. The third-order valence-corrected chi connectivity index (χ3v) is 3.43. The number of rotatable bonds is 6. The quantitative estimate of drug-likeness (QED) is 0.377. The van der Waals surface area contributed by atoms with E-state index in [2.05, 4.69) is 5.32 Å². The van der Waals surface area contributed by atoms with E-state index in [0.717, 1.165) is 5.69 Å². The number of nitro benzene ring substituents is 1. The maximum atomic E-state index is 12.4. The van der Waals surface area contributed by atoms with Gasteiger partial charge in [0.1, 0.15) is 17.3 Å². The highest BCUT2D eigenvalue weighted by atomic mass is 16.6. The van der Waals surface area contributed by atoms with Crippen LogP contribution in [0.1, 0.15) is 6.92 Å². The van der Waals surface area contributed by atoms with Crippen LogP contribution in [0.5, 0.6) is 0 Å². The number of carbonyl (C=O) groups is 1. The number of carbonyl (C=O) groups excluding carboxylic acids is 1. The van der Waals surface area contributed by atoms with Gasteiger partial charge in [0.15, 0.2) is 0 Å². The molecule has 1 N–H and O–H groups in total. The topological polar surface area (TPSA) is 99.3 Å². The Kier molecular flexibility index (Phi) is 5.85. The van der Waals surface area contributed by atoms with E-state index in [1.54, 1.807) is 11.0 Å². The van der Waals surface area contributed by atoms with E-state index in [-0.39, 0.29) is 16.9 Å². The third-order valence-electron chi connectivity index (χ3n) is 3.43. The largest absolute Gasteiger partial charge is 0.347 e. The van der Waals surface area contributed by atoms with E-state index in [1.165, 1.54) is 24.4 Å². The van der Waals surface area contributed by atoms with E-state index < -0.39 is 10.8 Å². The Labute approximate surface area is 145 Å². The molecule has 126 valence electrons. The van der Waals surface area contributed by atoms with Crippen molar-refractivity contribution in [1.82, 2.24) is 0 Å². The Bertz CT molecular complexity index is 841. The van der Waals surface area contributed by atoms with Crippen LogP contribution in [0.2, 0.25) is 0 Å². The van der Waals surface area contributed by atoms with Gasteiger partial charge in [0, 0.05) is 24.5 Å². The van der Waals surface area contributed by atoms with E-state index in [0.29, 0.717) is 6.54 Å². The van der Waals surface area contributed by atoms with Gasteiger partial charge < -0.3 is 10.2 Å². The number of nitriles is 1. The molecule has 0 heterocycles. The predicted molar refractivity (Wildman–Crippen MR) is 94.9 cm³/mol. The molecular weight excluding hydrogens is 320 g/mol. The van der Waals surface area contributed by atoms with Crippen LogP contribution in [0.15, 0.2) is 66.4 Å². The Morgan fingerprint density at radius 3 is 2.48 bits per heavy atom. The standard InChI is InChI=1S/C18H16N4O3/c1-2-21(15-8-4-3-5-9-15)13-14(12-19)18(23)20-16-10-6-7-11-17(16)22(24)25/h3-11,13H,2H2,1H3,(H,20,23)/b14-13-. The second-order valence-electron chi connectivity index (χ2n) is 5.00. The zero-order valence-electron chi connectivity index (χ0n) is 13.5. The van der Waals surface area contributed by atoms with Gasteiger partial charge in [-0.25, -0.2) is 0 Å². The van der Waals surface area contributed by atoms with Gasteiger partial charge >= 0.3 is 0 Å². The zero-order valence-corrected chi connectivity index (χ0v) is 13.5. The highest BCUT2D eigenvalue weighted by molar-refractivity contribution is 6.07. The fourth-order valence-electron chi connectivity index (χ4n) is 2.19. The van der Waals surface area contributed by atoms with Crippen molar-refractivity contribution in [2.75, 3.05) is 16.8 Å². The molecule has 2 aromatic carbocycles. The van der Waals surface area contributed by atoms with E-state index in [9.17, 15) is 20.2 Å². The number of amides is 1. The van der Waals surface area contributed by atoms with Gasteiger partial charge in [-0.1, -0.05) is 30.3 Å². The van der Waals surface area contributed by atoms with Gasteiger partial charge in [0.05, 0.1) is 4.92 Å². The minimum atomic E-state index is -0.703. The summed E-state index contributed by atoms with van der Waals surface area (Å²) in [5.74, 6) is -0.703. The number of benzene rings is 2. The Hall–Kier alpha value is -3.66. The Morgan fingerprint density at radius 1 is 1.24 bits per heavy atom. The minimum Gasteiger partial charge on any atom is -0.347 e. The second-order valence-corrected chi connectivity index (χ2v) is 5.00. The lowest BCUT2D eigenvalue weighted by Crippen LogP contribution is -2.21. The molecule has 0 bridgehead atoms. The monoisotopic (exact) mass is 336 g/mol. The molecule has 0 radical (unpaired) electrons. The molecule has 25 heavy (non-hydrogen) atoms. The summed E-state index contributed by atoms with van der Waals surface area (Å²) in [6.07, 6.45) is 1.43. The van der Waals surface area contributed by atoms with E-state index >= 15 is 0 Å². The van der Waals surface area contributed by atoms with E-state index in [4.69, 9.17) is 0 Å². The van der Waals surface area contributed by atoms with Crippen molar-refractivity contribution in [2.45, 2.75) is 6.92 Å². The molecule has 1 amide bonds. The second kappa shape index (κ2) is 8.26. The van der Waals surface area contributed by atoms with Crippen molar-refractivity contribution in [3.8, 4) is 6.07 Å². The first-order valence-electron chi connectivity index (χ1n) is 7.55. The SMILES string of the molecule is CCN(/C=C(/C#N)C(=O)Nc1ccccc1[N+](=O)[O-])c1ccccc1. The third kappa shape index (κ3) is 4.42. The van der Waals surface area contributed by atoms with Crippen LogP contribution in [-0.2, 0) is 4.79 Å². The van der Waals surface area contributed by atoms with Crippen LogP contribution in [0, 0.1) is 21.4 Å². The summed E-state index contributed by atoms with van der Waals surface area (Å²) >= 11 is 0. The number of anilines is 2. The minimum absolute atomic E-state index is 0.0430. The number of nitro groups is 1. The number of nitrogens with zero attached hydrogens (tertiary/aromatic N) is 3. The molecule has 0 aliphatic rings. The predicted octanol–water partition coefficient (Wildman–Crippen LogP) is 3.47. The molecule has 0 unspecified atom stereocenters. The van der Waals surface area contributed by atoms with Crippen molar-refractivity contribution < 1.29 is 9.72 Å². The van der Waals surface area contributed by atoms with Crippen LogP contribution in [0.4, 0.5) is 17.1 Å². The Balaban J connectivity index is 2.27. The molecule has 0 aliphatic heterocycles. The number of hydrogen-bond donors (Lipinski definition) is 1. The maximum Gasteiger partial charge on any atom is 0.292 e. The first kappa shape index (κ1) is 17.7. The fraction of sp³-hybridized carbons (Fsp3) is 0.111. The zero-order chi connectivity index (χ0) is 18.2. The van der Waals surface area contributed by atoms with Crippen molar-refractivity contribution in [3.05, 3.63) is 76.5 Å². The molecule has 0 saturated heterocycles. The summed E-state index contributed by atoms with van der Waals surface area (Å²) in [5, 5.41) is 22.7. The highest BCUT2D eigenvalue weighted by Gasteiger charge is 2.18. The molecule has 7 nitrogen and oxygen atoms in total. The maximum absolute atomic E-state index is 12.4. The molecule has 2 aromatic rings. The summed E-state index contributed by atoms with van der Waals surface area (Å²) in [7, 11) is 0. The van der Waals surface area contributed by atoms with Gasteiger partial charge in [-0.2, -0.15) is 5.26 Å². The van der Waals surface area contributed by atoms with Crippen LogP contribution >= 0.6 is 0 Å². The lowest BCUT2D eigenvalue weighted by Gasteiger charge is -2.18. The fourth-order valence-corrected chi connectivity index (χ4v) is 2.19. The molecule has 7 heteroatoms. The molecule has 2 rings (SSSR count). The van der Waals surface area contributed by atoms with Gasteiger partial charge in [0.25, 0.3) is 11.6 Å². The number of nitrogens with one attached hydrogen (secondary N) is 1. The molecule has 0 atom stereocenters. The average molecular weight is 336 g/mol. The average Bonchev–Trinajstić information content (AvgIpc) is 2.63. The summed E-state index contributed by atoms with van der Waals surface area (Å²) in [5.41, 5.74) is 0.491. The van der Waals surface area contributed by atoms with Crippen LogP contribution < -0.4 is 10.2 Å². The van der Waals surface area contributed by atoms with Gasteiger partial charge in [-0.05, 0) is 25.1 Å². The smallest absolute Gasteiger partial charge is 0.292 e. The van der Waals surface area contributed by atoms with Crippen molar-refractivity contribution >= 4 is 23.0 Å². The van der Waals surface area contributed by atoms with E-state index in [1.807, 2.05) is 43.3 Å². The number of hydrogen-bond acceptors (Lipinski definition) is 5. The molecule has 0 aromatic heterocycles. The lowest BCUT2D eigenvalue weighted by atomic mass is 10.2. The van der Waals surface area contributed by atoms with Crippen LogP contribution in [0.25, 0.3) is 0 Å². The highest BCUT2D eigenvalue weighted by Crippen LogP contribution is 2.24. The van der Waals surface area contributed by atoms with Crippen molar-refractivity contribution in [1.29, 1.82) is 5.26 Å². The normalized spacial score (nSPS) is 10.6. The summed E-state index contributed by atoms with van der Waals surface area (Å²) in [6.45, 7) is 2.44. The summed E-state index contributed by atoms with van der Waals surface area (Å²) < 4.78 is 0. The molecule has 0 aliphatic carbocycles. The van der Waals surface area contributed by atoms with Crippen molar-refractivity contribution in [3.63, 3.8) is 0 Å². The van der Waals surface area contributed by atoms with Crippen LogP contribution in [-0.4, -0.2) is 17.4 Å². The van der Waals surface area contributed by atoms with Gasteiger partial charge in [-0.3, -0.25) is 14.9 Å². The van der Waals surface area contributed by atoms with Gasteiger partial charge in [0.2, 0.25) is 0 Å². The first-order chi connectivity index (χ1) is 12.1. The lowest BCUT2D eigenvalue weighted by molar-refractivity contribution is -0.383. The number of para-hydroxylation sites is 3. The summed E-state index contributed by atoms with van der Waals surface area (Å²) in [4.78, 5) is 24.5. The summed E-state index contributed by atoms with van der Waals surface area (Å²) in [6, 6.07) is 16.9. The van der Waals surface area contributed by atoms with Crippen molar-refractivity contribution in [2.24, 2.45) is 0 Å².